The van der Waals surface area contributed by atoms with Gasteiger partial charge in [-0.2, -0.15) is 0 Å². The molecule has 0 aromatic heterocycles. The Balaban J connectivity index is 4.65. The van der Waals surface area contributed by atoms with Crippen LogP contribution in [0.3, 0.4) is 0 Å². The third-order valence-corrected chi connectivity index (χ3v) is 8.02. The third-order valence-electron chi connectivity index (χ3n) is 8.02. The third kappa shape index (κ3) is 43.7. The van der Waals surface area contributed by atoms with Crippen molar-refractivity contribution < 1.29 is 28.6 Å². The Morgan fingerprint density at radius 1 is 0.356 bits per heavy atom. The van der Waals surface area contributed by atoms with Gasteiger partial charge in [-0.25, -0.2) is 0 Å². The molecule has 0 amide bonds. The van der Waals surface area contributed by atoms with E-state index in [0.717, 1.165) is 57.8 Å². The number of hydrogen-bond donors (Lipinski definition) is 0. The fourth-order valence-corrected chi connectivity index (χ4v) is 4.84. The van der Waals surface area contributed by atoms with Gasteiger partial charge in [-0.1, -0.05) is 197 Å². The molecule has 0 aromatic carbocycles. The molecule has 0 radical (unpaired) electrons. The molecule has 0 aliphatic carbocycles. The van der Waals surface area contributed by atoms with E-state index >= 15 is 0 Å². The van der Waals surface area contributed by atoms with E-state index < -0.39 is 12.1 Å². The highest BCUT2D eigenvalue weighted by atomic mass is 16.6. The van der Waals surface area contributed by atoms with Crippen LogP contribution in [0.4, 0.5) is 0 Å². The molecule has 1 atom stereocenters. The zero-order valence-corrected chi connectivity index (χ0v) is 36.4. The second kappa shape index (κ2) is 45.5. The molecular formula is C53H74O6. The van der Waals surface area contributed by atoms with Crippen molar-refractivity contribution in [1.29, 1.82) is 0 Å². The SMILES string of the molecule is CC\C=C/C=C\C=C/C=C\C=C/CCCC(=O)OC(COC(=O)CCCC/C=C\C/C=C\CC)COC(=O)CCCCC\C=C/C=C\C=C\C=C/C=C\C=C/C=C\CC. The van der Waals surface area contributed by atoms with Crippen molar-refractivity contribution in [3.8, 4) is 0 Å². The van der Waals surface area contributed by atoms with Crippen LogP contribution in [0.15, 0.2) is 170 Å². The molecular weight excluding hydrogens is 733 g/mol. The zero-order chi connectivity index (χ0) is 43.0. The first-order valence-corrected chi connectivity index (χ1v) is 21.8. The summed E-state index contributed by atoms with van der Waals surface area (Å²) in [6.45, 7) is 6.02. The van der Waals surface area contributed by atoms with Gasteiger partial charge < -0.3 is 14.2 Å². The summed E-state index contributed by atoms with van der Waals surface area (Å²) >= 11 is 0. The van der Waals surface area contributed by atoms with Gasteiger partial charge in [-0.3, -0.25) is 14.4 Å². The lowest BCUT2D eigenvalue weighted by Gasteiger charge is -2.18. The van der Waals surface area contributed by atoms with E-state index in [1.807, 2.05) is 128 Å². The van der Waals surface area contributed by atoms with Gasteiger partial charge in [-0.05, 0) is 77.0 Å². The number of esters is 3. The second-order valence-electron chi connectivity index (χ2n) is 13.4. The first-order chi connectivity index (χ1) is 29.0. The molecule has 0 aliphatic heterocycles. The molecule has 0 rings (SSSR count). The molecule has 0 aliphatic rings. The molecule has 0 heterocycles. The van der Waals surface area contributed by atoms with Gasteiger partial charge in [0.15, 0.2) is 6.10 Å². The van der Waals surface area contributed by atoms with Gasteiger partial charge in [0.25, 0.3) is 0 Å². The van der Waals surface area contributed by atoms with Crippen molar-refractivity contribution in [2.45, 2.75) is 130 Å². The second-order valence-corrected chi connectivity index (χ2v) is 13.4. The number of carbonyl (C=O) groups excluding carboxylic acids is 3. The van der Waals surface area contributed by atoms with Crippen molar-refractivity contribution in [3.05, 3.63) is 170 Å². The first kappa shape index (κ1) is 53.8. The summed E-state index contributed by atoms with van der Waals surface area (Å²) in [6, 6.07) is 0. The maximum Gasteiger partial charge on any atom is 0.306 e. The van der Waals surface area contributed by atoms with E-state index in [2.05, 4.69) is 63.3 Å². The van der Waals surface area contributed by atoms with Crippen LogP contribution in [-0.4, -0.2) is 37.2 Å². The average Bonchev–Trinajstić information content (AvgIpc) is 3.23. The van der Waals surface area contributed by atoms with E-state index in [1.165, 1.54) is 0 Å². The molecule has 322 valence electrons. The predicted octanol–water partition coefficient (Wildman–Crippen LogP) is 14.1. The normalized spacial score (nSPS) is 13.7. The first-order valence-electron chi connectivity index (χ1n) is 21.8. The van der Waals surface area contributed by atoms with Crippen molar-refractivity contribution in [2.75, 3.05) is 13.2 Å². The summed E-state index contributed by atoms with van der Waals surface area (Å²) < 4.78 is 16.5. The molecule has 0 saturated heterocycles. The van der Waals surface area contributed by atoms with Crippen LogP contribution >= 0.6 is 0 Å². The Morgan fingerprint density at radius 3 is 1.19 bits per heavy atom. The van der Waals surface area contributed by atoms with E-state index in [4.69, 9.17) is 14.2 Å². The van der Waals surface area contributed by atoms with E-state index in [9.17, 15) is 14.4 Å². The smallest absolute Gasteiger partial charge is 0.306 e. The van der Waals surface area contributed by atoms with Crippen LogP contribution in [0.5, 0.6) is 0 Å². The lowest BCUT2D eigenvalue weighted by atomic mass is 10.1. The summed E-state index contributed by atoms with van der Waals surface area (Å²) in [5.74, 6) is -1.13. The Morgan fingerprint density at radius 2 is 0.712 bits per heavy atom. The predicted molar refractivity (Wildman–Crippen MR) is 251 cm³/mol. The molecule has 0 spiro atoms. The van der Waals surface area contributed by atoms with Gasteiger partial charge in [0.1, 0.15) is 13.2 Å². The monoisotopic (exact) mass is 807 g/mol. The fraction of sp³-hybridized carbons (Fsp3) is 0.415. The minimum absolute atomic E-state index is 0.149. The number of allylic oxidation sites excluding steroid dienone is 28. The summed E-state index contributed by atoms with van der Waals surface area (Å²) in [4.78, 5) is 37.6. The fourth-order valence-electron chi connectivity index (χ4n) is 4.84. The van der Waals surface area contributed by atoms with Gasteiger partial charge in [0.2, 0.25) is 0 Å². The number of carbonyl (C=O) groups is 3. The molecule has 6 nitrogen and oxygen atoms in total. The van der Waals surface area contributed by atoms with Crippen LogP contribution in [0.1, 0.15) is 124 Å². The van der Waals surface area contributed by atoms with E-state index in [0.29, 0.717) is 25.7 Å². The maximum atomic E-state index is 12.7. The molecule has 0 fully saturated rings. The Bertz CT molecular complexity index is 1480. The van der Waals surface area contributed by atoms with E-state index in [-0.39, 0.29) is 44.4 Å². The standard InChI is InChI=1S/C53H74O6/c1-4-7-10-13-16-19-21-23-24-25-26-27-28-30-31-34-37-40-43-46-52(55)58-49-50(48-57-51(54)45-42-39-36-33-18-15-12-9-6-3)59-53(56)47-44-41-38-35-32-29-22-20-17-14-11-8-5-2/h7-14,16-33,35,38,50H,4-6,15,34,36-37,39-49H2,1-3H3/b10-7-,11-8-,12-9-,16-13-,17-14-,21-19-,22-20-,24-23-,26-25+,28-27-,31-30-,32-29-,33-18-,38-35-. The van der Waals surface area contributed by atoms with Crippen LogP contribution in [0, 0.1) is 0 Å². The molecule has 0 saturated carbocycles. The lowest BCUT2D eigenvalue weighted by Crippen LogP contribution is -2.30. The quantitative estimate of drug-likeness (QED) is 0.0209. The van der Waals surface area contributed by atoms with Gasteiger partial charge in [-0.15, -0.1) is 0 Å². The Kier molecular flexibility index (Phi) is 41.4. The maximum absolute atomic E-state index is 12.7. The topological polar surface area (TPSA) is 78.9 Å². The van der Waals surface area contributed by atoms with Crippen molar-refractivity contribution in [2.24, 2.45) is 0 Å². The minimum Gasteiger partial charge on any atom is -0.462 e. The van der Waals surface area contributed by atoms with E-state index in [1.54, 1.807) is 0 Å². The summed E-state index contributed by atoms with van der Waals surface area (Å²) in [7, 11) is 0. The Hall–Kier alpha value is -5.23. The molecule has 59 heavy (non-hydrogen) atoms. The minimum atomic E-state index is -0.854. The van der Waals surface area contributed by atoms with Gasteiger partial charge in [0.05, 0.1) is 0 Å². The average molecular weight is 807 g/mol. The highest BCUT2D eigenvalue weighted by Gasteiger charge is 2.19. The van der Waals surface area contributed by atoms with Gasteiger partial charge >= 0.3 is 17.9 Å². The van der Waals surface area contributed by atoms with Crippen LogP contribution in [-0.2, 0) is 28.6 Å². The highest BCUT2D eigenvalue weighted by molar-refractivity contribution is 5.71. The van der Waals surface area contributed by atoms with Crippen LogP contribution < -0.4 is 0 Å². The van der Waals surface area contributed by atoms with Crippen molar-refractivity contribution in [1.82, 2.24) is 0 Å². The number of ether oxygens (including phenoxy) is 3. The van der Waals surface area contributed by atoms with Crippen molar-refractivity contribution >= 4 is 17.9 Å². The molecule has 0 aromatic rings. The molecule has 0 bridgehead atoms. The largest absolute Gasteiger partial charge is 0.462 e. The van der Waals surface area contributed by atoms with Gasteiger partial charge in [0, 0.05) is 19.3 Å². The number of unbranched alkanes of at least 4 members (excludes halogenated alkanes) is 6. The lowest BCUT2D eigenvalue weighted by molar-refractivity contribution is -0.167. The summed E-state index contributed by atoms with van der Waals surface area (Å²) in [5.41, 5.74) is 0. The number of rotatable bonds is 35. The molecule has 0 N–H and O–H groups in total. The highest BCUT2D eigenvalue weighted by Crippen LogP contribution is 2.09. The molecule has 1 unspecified atom stereocenters. The molecule has 6 heteroatoms. The zero-order valence-electron chi connectivity index (χ0n) is 36.4. The summed E-state index contributed by atoms with van der Waals surface area (Å²) in [5, 5.41) is 0. The van der Waals surface area contributed by atoms with Crippen LogP contribution in [0.25, 0.3) is 0 Å². The summed E-state index contributed by atoms with van der Waals surface area (Å²) in [6.07, 6.45) is 67.8. The Labute approximate surface area is 358 Å². The number of hydrogen-bond acceptors (Lipinski definition) is 6. The van der Waals surface area contributed by atoms with Crippen LogP contribution in [0.2, 0.25) is 0 Å². The van der Waals surface area contributed by atoms with Crippen molar-refractivity contribution in [3.63, 3.8) is 0 Å².